The minimum Gasteiger partial charge on any atom is -0.489 e. The van der Waals surface area contributed by atoms with Gasteiger partial charge in [-0.15, -0.1) is 12.4 Å². The fourth-order valence-electron chi connectivity index (χ4n) is 3.55. The van der Waals surface area contributed by atoms with Gasteiger partial charge in [0.1, 0.15) is 12.4 Å². The van der Waals surface area contributed by atoms with Gasteiger partial charge in [-0.1, -0.05) is 30.3 Å². The number of nitrogens with one attached hydrogen (secondary N) is 2. The van der Waals surface area contributed by atoms with E-state index in [2.05, 4.69) is 15.7 Å². The summed E-state index contributed by atoms with van der Waals surface area (Å²) in [5.41, 5.74) is 2.99. The average Bonchev–Trinajstić information content (AvgIpc) is 3.37. The molecule has 0 bridgehead atoms. The van der Waals surface area contributed by atoms with E-state index in [9.17, 15) is 4.79 Å². The topological polar surface area (TPSA) is 68.2 Å². The Labute approximate surface area is 176 Å². The zero-order valence-electron chi connectivity index (χ0n) is 16.2. The first kappa shape index (κ1) is 20.9. The standard InChI is InChI=1S/C22H24N4O2.ClH/c1-26-14-17(11-24-26)20-12-23-13-21(20)22(27)25-18-7-9-19(10-8-18)28-15-16-5-3-2-4-6-16;/h2-11,14,20-21,23H,12-13,15H2,1H3,(H,25,27);1H/t20-,21+;/m1./s1. The van der Waals surface area contributed by atoms with Gasteiger partial charge in [0.05, 0.1) is 12.1 Å². The number of aromatic nitrogens is 2. The van der Waals surface area contributed by atoms with Crippen LogP contribution in [0.2, 0.25) is 0 Å². The lowest BCUT2D eigenvalue weighted by molar-refractivity contribution is -0.119. The monoisotopic (exact) mass is 412 g/mol. The Kier molecular flexibility index (Phi) is 6.90. The summed E-state index contributed by atoms with van der Waals surface area (Å²) in [4.78, 5) is 12.8. The maximum Gasteiger partial charge on any atom is 0.229 e. The van der Waals surface area contributed by atoms with Gasteiger partial charge in [-0.3, -0.25) is 9.48 Å². The van der Waals surface area contributed by atoms with Gasteiger partial charge in [0, 0.05) is 37.9 Å². The van der Waals surface area contributed by atoms with Crippen LogP contribution in [0.1, 0.15) is 17.0 Å². The van der Waals surface area contributed by atoms with E-state index in [1.807, 2.05) is 74.0 Å². The summed E-state index contributed by atoms with van der Waals surface area (Å²) in [6.07, 6.45) is 3.83. The van der Waals surface area contributed by atoms with E-state index in [4.69, 9.17) is 4.74 Å². The molecule has 1 saturated heterocycles. The van der Waals surface area contributed by atoms with Crippen LogP contribution in [-0.4, -0.2) is 28.8 Å². The van der Waals surface area contributed by atoms with E-state index in [-0.39, 0.29) is 30.2 Å². The van der Waals surface area contributed by atoms with Crippen LogP contribution >= 0.6 is 12.4 Å². The lowest BCUT2D eigenvalue weighted by Gasteiger charge is -2.17. The number of carbonyl (C=O) groups is 1. The fraction of sp³-hybridized carbons (Fsp3) is 0.273. The van der Waals surface area contributed by atoms with Crippen LogP contribution in [0, 0.1) is 5.92 Å². The third kappa shape index (κ3) is 5.16. The molecule has 2 aromatic carbocycles. The minimum atomic E-state index is -0.113. The van der Waals surface area contributed by atoms with Crippen molar-refractivity contribution >= 4 is 24.0 Å². The van der Waals surface area contributed by atoms with Crippen LogP contribution < -0.4 is 15.4 Å². The molecule has 152 valence electrons. The zero-order valence-corrected chi connectivity index (χ0v) is 17.1. The number of halogens is 1. The van der Waals surface area contributed by atoms with Gasteiger partial charge in [-0.25, -0.2) is 0 Å². The molecule has 2 atom stereocenters. The smallest absolute Gasteiger partial charge is 0.229 e. The lowest BCUT2D eigenvalue weighted by atomic mass is 9.90. The van der Waals surface area contributed by atoms with Crippen LogP contribution in [0.4, 0.5) is 5.69 Å². The van der Waals surface area contributed by atoms with Gasteiger partial charge in [0.2, 0.25) is 5.91 Å². The number of benzene rings is 2. The number of amides is 1. The van der Waals surface area contributed by atoms with Gasteiger partial charge in [-0.05, 0) is 35.4 Å². The number of ether oxygens (including phenoxy) is 1. The molecular weight excluding hydrogens is 388 g/mol. The third-order valence-electron chi connectivity index (χ3n) is 5.07. The molecule has 1 aliphatic rings. The Balaban J connectivity index is 0.00000240. The lowest BCUT2D eigenvalue weighted by Crippen LogP contribution is -2.28. The molecule has 0 radical (unpaired) electrons. The number of nitrogens with zero attached hydrogens (tertiary/aromatic N) is 2. The van der Waals surface area contributed by atoms with Crippen molar-refractivity contribution in [3.05, 3.63) is 78.1 Å². The highest BCUT2D eigenvalue weighted by Gasteiger charge is 2.34. The maximum absolute atomic E-state index is 12.8. The molecule has 1 fully saturated rings. The Bertz CT molecular complexity index is 928. The van der Waals surface area contributed by atoms with Crippen molar-refractivity contribution in [3.8, 4) is 5.75 Å². The molecule has 0 spiro atoms. The molecule has 2 heterocycles. The number of hydrogen-bond donors (Lipinski definition) is 2. The molecule has 0 unspecified atom stereocenters. The molecule has 0 saturated carbocycles. The van der Waals surface area contributed by atoms with Crippen molar-refractivity contribution in [2.24, 2.45) is 13.0 Å². The van der Waals surface area contributed by atoms with Crippen molar-refractivity contribution in [2.75, 3.05) is 18.4 Å². The summed E-state index contributed by atoms with van der Waals surface area (Å²) in [6, 6.07) is 17.5. The maximum atomic E-state index is 12.8. The van der Waals surface area contributed by atoms with Gasteiger partial charge < -0.3 is 15.4 Å². The molecule has 7 heteroatoms. The van der Waals surface area contributed by atoms with E-state index >= 15 is 0 Å². The van der Waals surface area contributed by atoms with E-state index in [1.165, 1.54) is 0 Å². The van der Waals surface area contributed by atoms with E-state index < -0.39 is 0 Å². The highest BCUT2D eigenvalue weighted by atomic mass is 35.5. The molecule has 1 aromatic heterocycles. The van der Waals surface area contributed by atoms with E-state index in [0.717, 1.165) is 29.1 Å². The fourth-order valence-corrected chi connectivity index (χ4v) is 3.55. The summed E-state index contributed by atoms with van der Waals surface area (Å²) in [5, 5.41) is 10.6. The predicted octanol–water partition coefficient (Wildman–Crippen LogP) is 3.36. The van der Waals surface area contributed by atoms with E-state index in [1.54, 1.807) is 4.68 Å². The highest BCUT2D eigenvalue weighted by molar-refractivity contribution is 5.93. The van der Waals surface area contributed by atoms with Crippen LogP contribution in [0.5, 0.6) is 5.75 Å². The van der Waals surface area contributed by atoms with Gasteiger partial charge in [-0.2, -0.15) is 5.10 Å². The molecule has 6 nitrogen and oxygen atoms in total. The molecular formula is C22H25ClN4O2. The molecule has 29 heavy (non-hydrogen) atoms. The molecule has 2 N–H and O–H groups in total. The number of rotatable bonds is 6. The first-order chi connectivity index (χ1) is 13.7. The Morgan fingerprint density at radius 2 is 1.93 bits per heavy atom. The van der Waals surface area contributed by atoms with Crippen LogP contribution in [-0.2, 0) is 18.4 Å². The number of carbonyl (C=O) groups excluding carboxylic acids is 1. The number of anilines is 1. The minimum absolute atomic E-state index is 0. The van der Waals surface area contributed by atoms with Crippen LogP contribution in [0.15, 0.2) is 67.0 Å². The summed E-state index contributed by atoms with van der Waals surface area (Å²) in [6.45, 7) is 1.98. The van der Waals surface area contributed by atoms with Crippen LogP contribution in [0.3, 0.4) is 0 Å². The van der Waals surface area contributed by atoms with Crippen molar-refractivity contribution in [3.63, 3.8) is 0 Å². The first-order valence-corrected chi connectivity index (χ1v) is 9.46. The molecule has 1 amide bonds. The molecule has 1 aliphatic heterocycles. The van der Waals surface area contributed by atoms with Crippen molar-refractivity contribution in [1.29, 1.82) is 0 Å². The zero-order chi connectivity index (χ0) is 19.3. The predicted molar refractivity (Wildman–Crippen MR) is 115 cm³/mol. The van der Waals surface area contributed by atoms with Crippen molar-refractivity contribution in [1.82, 2.24) is 15.1 Å². The quantitative estimate of drug-likeness (QED) is 0.651. The summed E-state index contributed by atoms with van der Waals surface area (Å²) in [5.74, 6) is 0.829. The van der Waals surface area contributed by atoms with Gasteiger partial charge in [0.15, 0.2) is 0 Å². The average molecular weight is 413 g/mol. The summed E-state index contributed by atoms with van der Waals surface area (Å²) >= 11 is 0. The van der Waals surface area contributed by atoms with Gasteiger partial charge >= 0.3 is 0 Å². The largest absolute Gasteiger partial charge is 0.489 e. The Morgan fingerprint density at radius 1 is 1.17 bits per heavy atom. The van der Waals surface area contributed by atoms with Crippen molar-refractivity contribution < 1.29 is 9.53 Å². The number of aryl methyl sites for hydroxylation is 1. The van der Waals surface area contributed by atoms with Gasteiger partial charge in [0.25, 0.3) is 0 Å². The van der Waals surface area contributed by atoms with Crippen LogP contribution in [0.25, 0.3) is 0 Å². The second-order valence-electron chi connectivity index (χ2n) is 7.11. The Hall–Kier alpha value is -2.83. The second kappa shape index (κ2) is 9.58. The molecule has 0 aliphatic carbocycles. The van der Waals surface area contributed by atoms with E-state index in [0.29, 0.717) is 13.2 Å². The normalized spacial score (nSPS) is 18.1. The SMILES string of the molecule is Cl.Cn1cc([C@H]2CNC[C@@H]2C(=O)Nc2ccc(OCc3ccccc3)cc2)cn1. The summed E-state index contributed by atoms with van der Waals surface area (Å²) < 4.78 is 7.57. The highest BCUT2D eigenvalue weighted by Crippen LogP contribution is 2.29. The third-order valence-corrected chi connectivity index (χ3v) is 5.07. The first-order valence-electron chi connectivity index (χ1n) is 9.46. The summed E-state index contributed by atoms with van der Waals surface area (Å²) in [7, 11) is 1.89. The molecule has 3 aromatic rings. The number of hydrogen-bond acceptors (Lipinski definition) is 4. The molecule has 4 rings (SSSR count). The van der Waals surface area contributed by atoms with Crippen molar-refractivity contribution in [2.45, 2.75) is 12.5 Å². The Morgan fingerprint density at radius 3 is 2.62 bits per heavy atom. The second-order valence-corrected chi connectivity index (χ2v) is 7.11.